The van der Waals surface area contributed by atoms with Crippen molar-refractivity contribution < 1.29 is 9.84 Å². The minimum atomic E-state index is -0.707. The number of benzene rings is 1. The molecule has 2 nitrogen and oxygen atoms in total. The van der Waals surface area contributed by atoms with Gasteiger partial charge in [0.05, 0.1) is 12.7 Å². The van der Waals surface area contributed by atoms with E-state index in [9.17, 15) is 5.11 Å². The first-order chi connectivity index (χ1) is 7.48. The van der Waals surface area contributed by atoms with Gasteiger partial charge in [-0.25, -0.2) is 0 Å². The van der Waals surface area contributed by atoms with Gasteiger partial charge in [-0.05, 0) is 55.5 Å². The van der Waals surface area contributed by atoms with E-state index in [-0.39, 0.29) is 0 Å². The predicted molar refractivity (Wildman–Crippen MR) is 66.9 cm³/mol. The maximum Gasteiger partial charge on any atom is 0.124 e. The second-order valence-electron chi connectivity index (χ2n) is 4.38. The molecule has 1 aromatic carbocycles. The number of ether oxygens (including phenoxy) is 1. The Balaban J connectivity index is 3.27. The van der Waals surface area contributed by atoms with E-state index in [2.05, 4.69) is 0 Å². The van der Waals surface area contributed by atoms with Crippen LogP contribution < -0.4 is 4.74 Å². The highest BCUT2D eigenvalue weighted by Gasteiger charge is 2.25. The molecule has 2 heteroatoms. The minimum Gasteiger partial charge on any atom is -0.496 e. The average molecular weight is 222 g/mol. The van der Waals surface area contributed by atoms with Crippen LogP contribution >= 0.6 is 0 Å². The molecule has 0 heterocycles. The molecule has 0 unspecified atom stereocenters. The summed E-state index contributed by atoms with van der Waals surface area (Å²) in [5.41, 5.74) is 2.45. The van der Waals surface area contributed by atoms with E-state index in [1.165, 1.54) is 0 Å². The zero-order valence-electron chi connectivity index (χ0n) is 10.9. The van der Waals surface area contributed by atoms with Crippen LogP contribution in [-0.4, -0.2) is 12.2 Å². The van der Waals surface area contributed by atoms with Gasteiger partial charge in [-0.15, -0.1) is 0 Å². The topological polar surface area (TPSA) is 29.5 Å². The van der Waals surface area contributed by atoms with Crippen LogP contribution in [0.2, 0.25) is 0 Å². The molecule has 0 aliphatic carbocycles. The summed E-state index contributed by atoms with van der Waals surface area (Å²) in [6.45, 7) is 8.05. The zero-order chi connectivity index (χ0) is 12.3. The Kier molecular flexibility index (Phi) is 3.98. The van der Waals surface area contributed by atoms with Crippen molar-refractivity contribution in [1.29, 1.82) is 0 Å². The Morgan fingerprint density at radius 1 is 1.12 bits per heavy atom. The molecule has 1 aromatic rings. The third-order valence-corrected chi connectivity index (χ3v) is 3.37. The zero-order valence-corrected chi connectivity index (χ0v) is 10.9. The molecule has 0 aliphatic rings. The first kappa shape index (κ1) is 13.0. The van der Waals surface area contributed by atoms with Crippen molar-refractivity contribution in [2.24, 2.45) is 0 Å². The van der Waals surface area contributed by atoms with Crippen LogP contribution in [0.3, 0.4) is 0 Å². The van der Waals surface area contributed by atoms with E-state index >= 15 is 0 Å². The monoisotopic (exact) mass is 222 g/mol. The minimum absolute atomic E-state index is 0.707. The molecule has 0 spiro atoms. The van der Waals surface area contributed by atoms with Crippen LogP contribution in [0, 0.1) is 13.8 Å². The molecule has 0 fully saturated rings. The van der Waals surface area contributed by atoms with Gasteiger partial charge in [0.25, 0.3) is 0 Å². The van der Waals surface area contributed by atoms with E-state index in [4.69, 9.17) is 4.74 Å². The lowest BCUT2D eigenvalue weighted by Gasteiger charge is -2.27. The predicted octanol–water partition coefficient (Wildman–Crippen LogP) is 3.32. The largest absolute Gasteiger partial charge is 0.496 e. The molecular formula is C14H22O2. The van der Waals surface area contributed by atoms with Crippen molar-refractivity contribution in [3.05, 3.63) is 28.8 Å². The number of methoxy groups -OCH3 is 1. The summed E-state index contributed by atoms with van der Waals surface area (Å²) >= 11 is 0. The summed E-state index contributed by atoms with van der Waals surface area (Å²) in [4.78, 5) is 0. The molecular weight excluding hydrogens is 200 g/mol. The maximum atomic E-state index is 10.5. The van der Waals surface area contributed by atoms with Crippen LogP contribution in [-0.2, 0) is 5.60 Å². The fourth-order valence-electron chi connectivity index (χ4n) is 2.20. The average Bonchev–Trinajstić information content (AvgIpc) is 2.27. The van der Waals surface area contributed by atoms with Crippen molar-refractivity contribution in [3.63, 3.8) is 0 Å². The van der Waals surface area contributed by atoms with Crippen LogP contribution in [0.15, 0.2) is 12.1 Å². The van der Waals surface area contributed by atoms with Crippen molar-refractivity contribution in [2.75, 3.05) is 7.11 Å². The normalized spacial score (nSPS) is 11.6. The van der Waals surface area contributed by atoms with Crippen LogP contribution in [0.1, 0.15) is 43.4 Å². The standard InChI is InChI=1S/C14H22O2/c1-6-14(15,7-2)12-8-10(3)13(16-5)11(4)9-12/h8-9,15H,6-7H2,1-5H3. The molecule has 0 bridgehead atoms. The Labute approximate surface area is 98.3 Å². The lowest BCUT2D eigenvalue weighted by Crippen LogP contribution is -2.23. The van der Waals surface area contributed by atoms with Gasteiger partial charge in [-0.3, -0.25) is 0 Å². The molecule has 1 rings (SSSR count). The second kappa shape index (κ2) is 4.88. The number of aryl methyl sites for hydroxylation is 2. The molecule has 1 N–H and O–H groups in total. The Hall–Kier alpha value is -1.02. The summed E-state index contributed by atoms with van der Waals surface area (Å²) in [5.74, 6) is 0.915. The summed E-state index contributed by atoms with van der Waals surface area (Å²) < 4.78 is 5.33. The summed E-state index contributed by atoms with van der Waals surface area (Å²) in [6.07, 6.45) is 1.46. The third-order valence-electron chi connectivity index (χ3n) is 3.37. The van der Waals surface area contributed by atoms with Crippen molar-refractivity contribution in [2.45, 2.75) is 46.1 Å². The van der Waals surface area contributed by atoms with Crippen LogP contribution in [0.25, 0.3) is 0 Å². The number of aliphatic hydroxyl groups is 1. The van der Waals surface area contributed by atoms with Gasteiger partial charge >= 0.3 is 0 Å². The highest BCUT2D eigenvalue weighted by Crippen LogP contribution is 2.33. The lowest BCUT2D eigenvalue weighted by molar-refractivity contribution is 0.0282. The first-order valence-corrected chi connectivity index (χ1v) is 5.86. The Morgan fingerprint density at radius 3 is 1.88 bits per heavy atom. The molecule has 0 atom stereocenters. The van der Waals surface area contributed by atoms with E-state index in [0.717, 1.165) is 35.3 Å². The molecule has 16 heavy (non-hydrogen) atoms. The lowest BCUT2D eigenvalue weighted by atomic mass is 9.86. The molecule has 0 saturated heterocycles. The van der Waals surface area contributed by atoms with E-state index in [1.807, 2.05) is 39.8 Å². The number of hydrogen-bond donors (Lipinski definition) is 1. The quantitative estimate of drug-likeness (QED) is 0.846. The van der Waals surface area contributed by atoms with Gasteiger partial charge in [-0.1, -0.05) is 13.8 Å². The third kappa shape index (κ3) is 2.22. The molecule has 90 valence electrons. The summed E-state index contributed by atoms with van der Waals surface area (Å²) in [6, 6.07) is 4.05. The van der Waals surface area contributed by atoms with Gasteiger partial charge in [-0.2, -0.15) is 0 Å². The van der Waals surface area contributed by atoms with Crippen molar-refractivity contribution in [1.82, 2.24) is 0 Å². The van der Waals surface area contributed by atoms with E-state index in [1.54, 1.807) is 7.11 Å². The van der Waals surface area contributed by atoms with Gasteiger partial charge < -0.3 is 9.84 Å². The van der Waals surface area contributed by atoms with Gasteiger partial charge in [0.15, 0.2) is 0 Å². The summed E-state index contributed by atoms with van der Waals surface area (Å²) in [7, 11) is 1.68. The number of rotatable bonds is 4. The van der Waals surface area contributed by atoms with Crippen LogP contribution in [0.4, 0.5) is 0 Å². The molecule has 0 aliphatic heterocycles. The Bertz CT molecular complexity index is 342. The van der Waals surface area contributed by atoms with Crippen LogP contribution in [0.5, 0.6) is 5.75 Å². The van der Waals surface area contributed by atoms with Crippen molar-refractivity contribution in [3.8, 4) is 5.75 Å². The Morgan fingerprint density at radius 2 is 1.56 bits per heavy atom. The summed E-state index contributed by atoms with van der Waals surface area (Å²) in [5, 5.41) is 10.5. The molecule has 0 radical (unpaired) electrons. The van der Waals surface area contributed by atoms with Gasteiger partial charge in [0.1, 0.15) is 5.75 Å². The highest BCUT2D eigenvalue weighted by molar-refractivity contribution is 5.44. The fourth-order valence-corrected chi connectivity index (χ4v) is 2.20. The molecule has 0 aromatic heterocycles. The fraction of sp³-hybridized carbons (Fsp3) is 0.571. The van der Waals surface area contributed by atoms with Crippen molar-refractivity contribution >= 4 is 0 Å². The number of hydrogen-bond acceptors (Lipinski definition) is 2. The van der Waals surface area contributed by atoms with Gasteiger partial charge in [0, 0.05) is 0 Å². The van der Waals surface area contributed by atoms with E-state index in [0.29, 0.717) is 0 Å². The first-order valence-electron chi connectivity index (χ1n) is 5.86. The maximum absolute atomic E-state index is 10.5. The van der Waals surface area contributed by atoms with E-state index < -0.39 is 5.60 Å². The van der Waals surface area contributed by atoms with Gasteiger partial charge in [0.2, 0.25) is 0 Å². The smallest absolute Gasteiger partial charge is 0.124 e. The second-order valence-corrected chi connectivity index (χ2v) is 4.38. The molecule has 0 saturated carbocycles. The SMILES string of the molecule is CCC(O)(CC)c1cc(C)c(OC)c(C)c1. The molecule has 0 amide bonds. The highest BCUT2D eigenvalue weighted by atomic mass is 16.5.